The van der Waals surface area contributed by atoms with Crippen LogP contribution in [0, 0.1) is 0 Å². The molecule has 1 aliphatic carbocycles. The highest BCUT2D eigenvalue weighted by atomic mass is 16.5. The second-order valence-electron chi connectivity index (χ2n) is 12.2. The topological polar surface area (TPSA) is 49.2 Å². The van der Waals surface area contributed by atoms with Gasteiger partial charge in [-0.05, 0) is 64.5 Å². The van der Waals surface area contributed by atoms with E-state index < -0.39 is 0 Å². The standard InChI is InChI=1S/C40H26BN3O2/c1-3-11-34-30(9-1)31-10-2-4-12-35(31)44(34)29-21-38-40-39(22-29)46-37-20-26(28-8-6-18-43-24-28)14-16-33(37)41(40)32-15-13-25(19-36(32)45-38)27-7-5-17-42-23-27/h1-21,23-24,29H,22H2. The van der Waals surface area contributed by atoms with Crippen molar-refractivity contribution in [2.75, 3.05) is 0 Å². The molecule has 7 aromatic rings. The molecule has 0 N–H and O–H groups in total. The number of ether oxygens (including phenoxy) is 2. The molecule has 216 valence electrons. The molecule has 0 amide bonds. The van der Waals surface area contributed by atoms with Gasteiger partial charge >= 0.3 is 0 Å². The molecule has 5 heterocycles. The van der Waals surface area contributed by atoms with Gasteiger partial charge < -0.3 is 14.0 Å². The van der Waals surface area contributed by atoms with Crippen molar-refractivity contribution >= 4 is 39.4 Å². The number of allylic oxidation sites excluding steroid dienone is 3. The Labute approximate surface area is 266 Å². The number of pyridine rings is 2. The van der Waals surface area contributed by atoms with Gasteiger partial charge in [0.25, 0.3) is 6.71 Å². The van der Waals surface area contributed by atoms with Crippen LogP contribution in [0.3, 0.4) is 0 Å². The minimum absolute atomic E-state index is 0.00116. The van der Waals surface area contributed by atoms with Crippen LogP contribution in [0.5, 0.6) is 11.5 Å². The molecule has 0 saturated heterocycles. The van der Waals surface area contributed by atoms with E-state index in [9.17, 15) is 0 Å². The van der Waals surface area contributed by atoms with Gasteiger partial charge in [0.15, 0.2) is 0 Å². The second-order valence-corrected chi connectivity index (χ2v) is 12.2. The molecule has 46 heavy (non-hydrogen) atoms. The Morgan fingerprint density at radius 2 is 1.20 bits per heavy atom. The van der Waals surface area contributed by atoms with Crippen LogP contribution in [0.4, 0.5) is 0 Å². The van der Waals surface area contributed by atoms with Crippen LogP contribution in [-0.4, -0.2) is 21.2 Å². The first-order valence-corrected chi connectivity index (χ1v) is 15.7. The maximum atomic E-state index is 6.91. The molecule has 10 rings (SSSR count). The summed E-state index contributed by atoms with van der Waals surface area (Å²) >= 11 is 0. The minimum atomic E-state index is -0.00116. The van der Waals surface area contributed by atoms with Crippen molar-refractivity contribution in [3.8, 4) is 33.8 Å². The quantitative estimate of drug-likeness (QED) is 0.198. The van der Waals surface area contributed by atoms with E-state index in [1.165, 1.54) is 21.8 Å². The second kappa shape index (κ2) is 9.81. The fourth-order valence-corrected chi connectivity index (χ4v) is 7.60. The zero-order valence-electron chi connectivity index (χ0n) is 24.8. The van der Waals surface area contributed by atoms with E-state index in [1.807, 2.05) is 24.5 Å². The lowest BCUT2D eigenvalue weighted by molar-refractivity contribution is 0.350. The first kappa shape index (κ1) is 25.5. The van der Waals surface area contributed by atoms with E-state index >= 15 is 0 Å². The average molecular weight is 591 g/mol. The highest BCUT2D eigenvalue weighted by molar-refractivity contribution is 6.93. The molecule has 0 spiro atoms. The summed E-state index contributed by atoms with van der Waals surface area (Å²) < 4.78 is 16.2. The molecular weight excluding hydrogens is 565 g/mol. The van der Waals surface area contributed by atoms with Gasteiger partial charge in [0, 0.05) is 69.6 Å². The lowest BCUT2D eigenvalue weighted by Crippen LogP contribution is -2.52. The molecule has 0 bridgehead atoms. The van der Waals surface area contributed by atoms with Gasteiger partial charge in [0.2, 0.25) is 0 Å². The van der Waals surface area contributed by atoms with E-state index in [4.69, 9.17) is 9.47 Å². The van der Waals surface area contributed by atoms with Crippen molar-refractivity contribution in [1.29, 1.82) is 0 Å². The minimum Gasteiger partial charge on any atom is -0.463 e. The van der Waals surface area contributed by atoms with Crippen LogP contribution in [0.1, 0.15) is 12.5 Å². The monoisotopic (exact) mass is 591 g/mol. The van der Waals surface area contributed by atoms with Crippen LogP contribution in [0.2, 0.25) is 0 Å². The molecule has 1 atom stereocenters. The smallest absolute Gasteiger partial charge is 0.260 e. The summed E-state index contributed by atoms with van der Waals surface area (Å²) in [4.78, 5) is 8.72. The van der Waals surface area contributed by atoms with Gasteiger partial charge in [-0.25, -0.2) is 0 Å². The summed E-state index contributed by atoms with van der Waals surface area (Å²) in [6.07, 6.45) is 10.4. The maximum Gasteiger partial charge on any atom is 0.260 e. The summed E-state index contributed by atoms with van der Waals surface area (Å²) in [5, 5.41) is 2.50. The first-order valence-electron chi connectivity index (χ1n) is 15.7. The normalized spacial score (nSPS) is 16.3. The molecule has 1 unspecified atom stereocenters. The molecule has 0 fully saturated rings. The molecule has 6 heteroatoms. The molecule has 3 aromatic heterocycles. The van der Waals surface area contributed by atoms with Crippen molar-refractivity contribution in [3.63, 3.8) is 0 Å². The molecule has 4 aromatic carbocycles. The van der Waals surface area contributed by atoms with Crippen molar-refractivity contribution < 1.29 is 9.47 Å². The maximum absolute atomic E-state index is 6.91. The molecule has 5 nitrogen and oxygen atoms in total. The predicted octanol–water partition coefficient (Wildman–Crippen LogP) is 7.63. The van der Waals surface area contributed by atoms with Crippen LogP contribution in [0.15, 0.2) is 157 Å². The van der Waals surface area contributed by atoms with E-state index in [0.717, 1.165) is 68.1 Å². The zero-order chi connectivity index (χ0) is 30.2. The van der Waals surface area contributed by atoms with Crippen molar-refractivity contribution in [2.45, 2.75) is 12.5 Å². The Morgan fingerprint density at radius 3 is 1.78 bits per heavy atom. The Bertz CT molecular complexity index is 2360. The van der Waals surface area contributed by atoms with E-state index in [2.05, 4.69) is 118 Å². The lowest BCUT2D eigenvalue weighted by atomic mass is 9.33. The van der Waals surface area contributed by atoms with E-state index in [0.29, 0.717) is 0 Å². The lowest BCUT2D eigenvalue weighted by Gasteiger charge is -2.39. The summed E-state index contributed by atoms with van der Waals surface area (Å²) in [5.41, 5.74) is 10.1. The van der Waals surface area contributed by atoms with Gasteiger partial charge in [-0.15, -0.1) is 0 Å². The molecule has 3 aliphatic rings. The Balaban J connectivity index is 1.18. The Kier molecular flexibility index (Phi) is 5.43. The van der Waals surface area contributed by atoms with Gasteiger partial charge in [0.05, 0.1) is 6.04 Å². The number of benzene rings is 4. The van der Waals surface area contributed by atoms with Crippen LogP contribution in [0.25, 0.3) is 44.1 Å². The van der Waals surface area contributed by atoms with Crippen molar-refractivity contribution in [2.24, 2.45) is 0 Å². The number of hydrogen-bond donors (Lipinski definition) is 0. The molecule has 0 radical (unpaired) electrons. The van der Waals surface area contributed by atoms with Gasteiger partial charge in [-0.2, -0.15) is 0 Å². The number of fused-ring (bicyclic) bond motifs is 7. The highest BCUT2D eigenvalue weighted by Gasteiger charge is 2.44. The van der Waals surface area contributed by atoms with Crippen LogP contribution >= 0.6 is 0 Å². The molecular formula is C40H26BN3O2. The third-order valence-corrected chi connectivity index (χ3v) is 9.63. The Hall–Kier alpha value is -5.88. The summed E-state index contributed by atoms with van der Waals surface area (Å²) in [6, 6.07) is 38.6. The summed E-state index contributed by atoms with van der Waals surface area (Å²) in [7, 11) is 0. The van der Waals surface area contributed by atoms with E-state index in [1.54, 1.807) is 12.4 Å². The number of nitrogens with zero attached hydrogens (tertiary/aromatic N) is 3. The molecule has 2 aliphatic heterocycles. The zero-order valence-corrected chi connectivity index (χ0v) is 24.8. The van der Waals surface area contributed by atoms with Gasteiger partial charge in [-0.3, -0.25) is 9.97 Å². The summed E-state index contributed by atoms with van der Waals surface area (Å²) in [5.74, 6) is 3.59. The Morgan fingerprint density at radius 1 is 0.609 bits per heavy atom. The summed E-state index contributed by atoms with van der Waals surface area (Å²) in [6.45, 7) is -0.00116. The fraction of sp³-hybridized carbons (Fsp3) is 0.0500. The number of rotatable bonds is 3. The van der Waals surface area contributed by atoms with Crippen molar-refractivity contribution in [1.82, 2.24) is 14.5 Å². The predicted molar refractivity (Wildman–Crippen MR) is 184 cm³/mol. The van der Waals surface area contributed by atoms with Crippen LogP contribution < -0.4 is 20.4 Å². The van der Waals surface area contributed by atoms with Gasteiger partial charge in [0.1, 0.15) is 23.0 Å². The third kappa shape index (κ3) is 3.77. The molecule has 0 saturated carbocycles. The van der Waals surface area contributed by atoms with Crippen LogP contribution in [-0.2, 0) is 0 Å². The number of hydrogen-bond acceptors (Lipinski definition) is 4. The average Bonchev–Trinajstić information content (AvgIpc) is 3.46. The SMILES string of the molecule is C1=C2Oc3cc(-c4cccnc4)ccc3B3C2=C(CC1n1c2ccccc2c2ccccc21)Oc1cc(-c2cccnc2)ccc13. The number of aromatic nitrogens is 3. The highest BCUT2D eigenvalue weighted by Crippen LogP contribution is 2.44. The largest absolute Gasteiger partial charge is 0.463 e. The number of para-hydroxylation sites is 2. The van der Waals surface area contributed by atoms with Crippen molar-refractivity contribution in [3.05, 3.63) is 157 Å². The fourth-order valence-electron chi connectivity index (χ4n) is 7.60. The third-order valence-electron chi connectivity index (χ3n) is 9.63. The van der Waals surface area contributed by atoms with E-state index in [-0.39, 0.29) is 12.8 Å². The van der Waals surface area contributed by atoms with Gasteiger partial charge in [-0.1, -0.05) is 72.8 Å². The first-order chi connectivity index (χ1) is 22.8.